The van der Waals surface area contributed by atoms with E-state index in [0.29, 0.717) is 28.6 Å². The first kappa shape index (κ1) is 26.4. The van der Waals surface area contributed by atoms with E-state index in [2.05, 4.69) is 44.4 Å². The van der Waals surface area contributed by atoms with Crippen LogP contribution in [-0.2, 0) is 6.18 Å². The van der Waals surface area contributed by atoms with Crippen molar-refractivity contribution in [1.82, 2.24) is 25.3 Å². The van der Waals surface area contributed by atoms with Gasteiger partial charge in [-0.1, -0.05) is 13.8 Å². The minimum absolute atomic E-state index is 0.0944. The van der Waals surface area contributed by atoms with E-state index in [9.17, 15) is 18.0 Å². The van der Waals surface area contributed by atoms with Gasteiger partial charge in [0.25, 0.3) is 0 Å². The second-order valence-corrected chi connectivity index (χ2v) is 10.2. The van der Waals surface area contributed by atoms with Crippen molar-refractivity contribution in [3.8, 4) is 11.1 Å². The molecule has 2 N–H and O–H groups in total. The molecule has 0 aliphatic carbocycles. The van der Waals surface area contributed by atoms with Crippen molar-refractivity contribution in [3.63, 3.8) is 0 Å². The molecular weight excluding hydrogens is 481 g/mol. The predicted octanol–water partition coefficient (Wildman–Crippen LogP) is 2.91. The molecule has 1 saturated heterocycles. The third-order valence-corrected chi connectivity index (χ3v) is 6.47. The zero-order valence-electron chi connectivity index (χ0n) is 21.6. The molecule has 3 aromatic rings. The Balaban J connectivity index is 1.55. The highest BCUT2D eigenvalue weighted by molar-refractivity contribution is 6.43. The van der Waals surface area contributed by atoms with Gasteiger partial charge in [-0.05, 0) is 55.2 Å². The van der Waals surface area contributed by atoms with E-state index in [4.69, 9.17) is 0 Å². The Kier molecular flexibility index (Phi) is 6.91. The molecule has 0 radical (unpaired) electrons. The number of aromatic nitrogens is 4. The van der Waals surface area contributed by atoms with Gasteiger partial charge in [0.2, 0.25) is 5.95 Å². The molecular formula is C24H28B2F3N7O. The van der Waals surface area contributed by atoms with Crippen molar-refractivity contribution >= 4 is 33.5 Å². The van der Waals surface area contributed by atoms with Crippen LogP contribution in [0.1, 0.15) is 43.8 Å². The van der Waals surface area contributed by atoms with Crippen LogP contribution in [0.15, 0.2) is 42.9 Å². The predicted molar refractivity (Wildman–Crippen MR) is 141 cm³/mol. The van der Waals surface area contributed by atoms with Crippen LogP contribution in [0.3, 0.4) is 0 Å². The highest BCUT2D eigenvalue weighted by atomic mass is 19.4. The Morgan fingerprint density at radius 1 is 1.11 bits per heavy atom. The summed E-state index contributed by atoms with van der Waals surface area (Å²) in [5.41, 5.74) is 1.46. The lowest BCUT2D eigenvalue weighted by molar-refractivity contribution is -0.141. The van der Waals surface area contributed by atoms with Crippen molar-refractivity contribution in [3.05, 3.63) is 59.8 Å². The number of hydrogen-bond acceptors (Lipinski definition) is 6. The van der Waals surface area contributed by atoms with Gasteiger partial charge in [0.05, 0.1) is 17.8 Å². The molecule has 3 aromatic heterocycles. The highest BCUT2D eigenvalue weighted by Gasteiger charge is 2.47. The van der Waals surface area contributed by atoms with E-state index in [1.54, 1.807) is 23.4 Å². The smallest absolute Gasteiger partial charge is 0.346 e. The molecule has 192 valence electrons. The quantitative estimate of drug-likeness (QED) is 0.497. The van der Waals surface area contributed by atoms with Crippen molar-refractivity contribution in [1.29, 1.82) is 0 Å². The van der Waals surface area contributed by atoms with Gasteiger partial charge in [-0.15, -0.1) is 0 Å². The van der Waals surface area contributed by atoms with Crippen LogP contribution in [-0.4, -0.2) is 53.0 Å². The first-order valence-electron chi connectivity index (χ1n) is 12.0. The van der Waals surface area contributed by atoms with Gasteiger partial charge in [0.1, 0.15) is 27.2 Å². The van der Waals surface area contributed by atoms with E-state index in [-0.39, 0.29) is 24.0 Å². The van der Waals surface area contributed by atoms with E-state index >= 15 is 0 Å². The lowest BCUT2D eigenvalue weighted by Crippen LogP contribution is -2.53. The molecule has 4 heterocycles. The summed E-state index contributed by atoms with van der Waals surface area (Å²) in [6, 6.07) is 5.45. The molecule has 0 bridgehead atoms. The molecule has 2 atom stereocenters. The van der Waals surface area contributed by atoms with Crippen molar-refractivity contribution in [2.45, 2.75) is 51.3 Å². The number of rotatable bonds is 6. The van der Waals surface area contributed by atoms with Gasteiger partial charge in [-0.3, -0.25) is 14.9 Å². The molecule has 4 rings (SSSR count). The first-order chi connectivity index (χ1) is 17.3. The van der Waals surface area contributed by atoms with E-state index < -0.39 is 17.2 Å². The Hall–Kier alpha value is -3.63. The number of hydrogen-bond donors (Lipinski definition) is 2. The van der Waals surface area contributed by atoms with Crippen LogP contribution in [0.5, 0.6) is 0 Å². The number of carbonyl (C=O) groups is 1. The van der Waals surface area contributed by atoms with Crippen LogP contribution in [0, 0.1) is 12.8 Å². The second kappa shape index (κ2) is 9.68. The standard InChI is InChI=1S/C24H28B2F3N7O/c1-12(2)20-23(25,26)35-22(37)36(20)19-6-8-31-21(34-19)33-14(4)17-9-13(3)16(11-32-17)15-5-7-30-18(10-15)24(27,28)29/h5-12,14,20H,25-26H2,1-4H3,(H,35,37)(H,31,33,34)/t14-,20?/m0/s1. The minimum atomic E-state index is -4.52. The molecule has 1 aliphatic heterocycles. The summed E-state index contributed by atoms with van der Waals surface area (Å²) in [7, 11) is 3.98. The van der Waals surface area contributed by atoms with Crippen LogP contribution in [0.4, 0.5) is 29.7 Å². The molecule has 0 spiro atoms. The number of urea groups is 1. The number of carbonyl (C=O) groups excluding carboxylic acids is 1. The molecule has 0 saturated carbocycles. The van der Waals surface area contributed by atoms with E-state index in [1.165, 1.54) is 6.07 Å². The SMILES string of the molecule is BC1(B)NC(=O)N(c2ccnc(N[C@@H](C)c3cc(C)c(-c4ccnc(C(F)(F)F)c4)cn3)n2)C1C(C)C. The summed E-state index contributed by atoms with van der Waals surface area (Å²) in [5.74, 6) is 1.01. The average molecular weight is 509 g/mol. The first-order valence-corrected chi connectivity index (χ1v) is 12.0. The summed E-state index contributed by atoms with van der Waals surface area (Å²) in [6.07, 6.45) is -0.229. The number of amides is 2. The number of pyridine rings is 2. The van der Waals surface area contributed by atoms with Crippen LogP contribution >= 0.6 is 0 Å². The minimum Gasteiger partial charge on any atom is -0.346 e. The third kappa shape index (κ3) is 5.40. The monoisotopic (exact) mass is 509 g/mol. The summed E-state index contributed by atoms with van der Waals surface area (Å²) in [4.78, 5) is 31.2. The average Bonchev–Trinajstić information content (AvgIpc) is 3.06. The van der Waals surface area contributed by atoms with Gasteiger partial charge in [0, 0.05) is 29.5 Å². The molecule has 1 fully saturated rings. The number of nitrogens with one attached hydrogen (secondary N) is 2. The highest BCUT2D eigenvalue weighted by Crippen LogP contribution is 2.33. The van der Waals surface area contributed by atoms with Gasteiger partial charge < -0.3 is 10.6 Å². The zero-order chi connectivity index (χ0) is 27.1. The third-order valence-electron chi connectivity index (χ3n) is 6.47. The Morgan fingerprint density at radius 2 is 1.81 bits per heavy atom. The largest absolute Gasteiger partial charge is 0.433 e. The normalized spacial score (nSPS) is 18.1. The lowest BCUT2D eigenvalue weighted by Gasteiger charge is -2.34. The summed E-state index contributed by atoms with van der Waals surface area (Å²) in [5, 5.41) is 5.82. The maximum atomic E-state index is 13.1. The zero-order valence-corrected chi connectivity index (χ0v) is 21.6. The number of halogens is 3. The molecule has 13 heteroatoms. The van der Waals surface area contributed by atoms with Crippen LogP contribution in [0.25, 0.3) is 11.1 Å². The number of aryl methyl sites for hydroxylation is 1. The van der Waals surface area contributed by atoms with Gasteiger partial charge in [-0.2, -0.15) is 18.2 Å². The van der Waals surface area contributed by atoms with Gasteiger partial charge in [0.15, 0.2) is 0 Å². The van der Waals surface area contributed by atoms with Crippen molar-refractivity contribution in [2.75, 3.05) is 10.2 Å². The lowest BCUT2D eigenvalue weighted by atomic mass is 9.56. The summed E-state index contributed by atoms with van der Waals surface area (Å²) < 4.78 is 39.3. The molecule has 37 heavy (non-hydrogen) atoms. The Morgan fingerprint density at radius 3 is 2.46 bits per heavy atom. The Labute approximate surface area is 215 Å². The maximum Gasteiger partial charge on any atom is 0.433 e. The number of alkyl halides is 3. The Bertz CT molecular complexity index is 1320. The molecule has 0 aromatic carbocycles. The van der Waals surface area contributed by atoms with Gasteiger partial charge >= 0.3 is 12.2 Å². The second-order valence-electron chi connectivity index (χ2n) is 10.2. The fraction of sp³-hybridized carbons (Fsp3) is 0.375. The van der Waals surface area contributed by atoms with Crippen LogP contribution in [0.2, 0.25) is 0 Å². The summed E-state index contributed by atoms with van der Waals surface area (Å²) >= 11 is 0. The topological polar surface area (TPSA) is 95.9 Å². The molecule has 2 amide bonds. The van der Waals surface area contributed by atoms with E-state index in [0.717, 1.165) is 17.8 Å². The van der Waals surface area contributed by atoms with Crippen molar-refractivity contribution < 1.29 is 18.0 Å². The molecule has 1 unspecified atom stereocenters. The molecule has 8 nitrogen and oxygen atoms in total. The molecule has 1 aliphatic rings. The van der Waals surface area contributed by atoms with Gasteiger partial charge in [-0.25, -0.2) is 9.78 Å². The van der Waals surface area contributed by atoms with E-state index in [1.807, 2.05) is 35.6 Å². The fourth-order valence-electron chi connectivity index (χ4n) is 4.93. The number of nitrogens with zero attached hydrogens (tertiary/aromatic N) is 5. The number of anilines is 2. The fourth-order valence-corrected chi connectivity index (χ4v) is 4.93. The van der Waals surface area contributed by atoms with Crippen LogP contribution < -0.4 is 15.5 Å². The summed E-state index contributed by atoms with van der Waals surface area (Å²) in [6.45, 7) is 7.83. The maximum absolute atomic E-state index is 13.1. The van der Waals surface area contributed by atoms with Crippen molar-refractivity contribution in [2.24, 2.45) is 5.92 Å².